The predicted octanol–water partition coefficient (Wildman–Crippen LogP) is 9.71. The zero-order chi connectivity index (χ0) is 25.6. The Balaban J connectivity index is 1.47. The Morgan fingerprint density at radius 3 is 1.83 bits per heavy atom. The molecule has 4 heteroatoms. The van der Waals surface area contributed by atoms with Gasteiger partial charge in [0.25, 0.3) is 0 Å². The lowest BCUT2D eigenvalue weighted by Gasteiger charge is -2.09. The van der Waals surface area contributed by atoms with E-state index in [1.165, 1.54) is 56.2 Å². The second-order valence-electron chi connectivity index (χ2n) is 9.42. The molecule has 3 rings (SSSR count). The van der Waals surface area contributed by atoms with E-state index in [4.69, 9.17) is 9.47 Å². The molecule has 0 bridgehead atoms. The maximum Gasteiger partial charge on any atom is 0.519 e. The number of hydrogen-bond donors (Lipinski definition) is 0. The highest BCUT2D eigenvalue weighted by atomic mass is 19.1. The number of benzene rings is 3. The number of hydrogen-bond acceptors (Lipinski definition) is 3. The first kappa shape index (κ1) is 27.4. The van der Waals surface area contributed by atoms with Crippen LogP contribution in [-0.2, 0) is 12.8 Å². The molecule has 0 amide bonds. The Morgan fingerprint density at radius 2 is 1.17 bits per heavy atom. The summed E-state index contributed by atoms with van der Waals surface area (Å²) in [6.45, 7) is 4.37. The van der Waals surface area contributed by atoms with Crippen LogP contribution in [0.3, 0.4) is 0 Å². The number of rotatable bonds is 14. The molecule has 0 spiro atoms. The van der Waals surface area contributed by atoms with Crippen molar-refractivity contribution in [2.24, 2.45) is 0 Å². The van der Waals surface area contributed by atoms with E-state index < -0.39 is 12.0 Å². The molecule has 3 aromatic carbocycles. The van der Waals surface area contributed by atoms with Gasteiger partial charge in [-0.2, -0.15) is 0 Å². The van der Waals surface area contributed by atoms with E-state index in [9.17, 15) is 9.18 Å². The van der Waals surface area contributed by atoms with E-state index in [2.05, 4.69) is 38.1 Å². The largest absolute Gasteiger partial charge is 0.519 e. The number of carbonyl (C=O) groups is 1. The maximum absolute atomic E-state index is 14.3. The van der Waals surface area contributed by atoms with Gasteiger partial charge in [-0.1, -0.05) is 101 Å². The van der Waals surface area contributed by atoms with Gasteiger partial charge in [-0.05, 0) is 72.2 Å². The highest BCUT2D eigenvalue weighted by molar-refractivity contribution is 5.69. The van der Waals surface area contributed by atoms with Gasteiger partial charge in [0.15, 0.2) is 11.6 Å². The molecule has 0 aliphatic heterocycles. The average Bonchev–Trinajstić information content (AvgIpc) is 2.89. The molecule has 192 valence electrons. The average molecular weight is 491 g/mol. The van der Waals surface area contributed by atoms with Crippen molar-refractivity contribution in [2.75, 3.05) is 0 Å². The molecule has 0 saturated heterocycles. The second-order valence-corrected chi connectivity index (χ2v) is 9.42. The quantitative estimate of drug-likeness (QED) is 0.128. The van der Waals surface area contributed by atoms with E-state index in [1.54, 1.807) is 18.2 Å². The van der Waals surface area contributed by atoms with Crippen LogP contribution in [0.2, 0.25) is 0 Å². The molecular formula is C32H39FO3. The Bertz CT molecular complexity index is 1060. The molecular weight excluding hydrogens is 451 g/mol. The zero-order valence-electron chi connectivity index (χ0n) is 21.7. The van der Waals surface area contributed by atoms with E-state index in [0.717, 1.165) is 48.8 Å². The van der Waals surface area contributed by atoms with Crippen LogP contribution in [0.4, 0.5) is 9.18 Å². The van der Waals surface area contributed by atoms with Gasteiger partial charge in [0, 0.05) is 0 Å². The fraction of sp³-hybridized carbons (Fsp3) is 0.406. The number of ether oxygens (including phenoxy) is 2. The van der Waals surface area contributed by atoms with Gasteiger partial charge in [0.2, 0.25) is 0 Å². The van der Waals surface area contributed by atoms with Crippen LogP contribution >= 0.6 is 0 Å². The molecule has 0 radical (unpaired) electrons. The van der Waals surface area contributed by atoms with Crippen LogP contribution in [0.1, 0.15) is 82.8 Å². The lowest BCUT2D eigenvalue weighted by atomic mass is 10.0. The van der Waals surface area contributed by atoms with Gasteiger partial charge in [-0.25, -0.2) is 9.18 Å². The van der Waals surface area contributed by atoms with E-state index in [1.807, 2.05) is 12.1 Å². The number of unbranched alkanes of at least 4 members (excludes halogenated alkanes) is 7. The first-order chi connectivity index (χ1) is 17.6. The minimum Gasteiger partial charge on any atom is -0.395 e. The van der Waals surface area contributed by atoms with Crippen molar-refractivity contribution in [2.45, 2.75) is 84.5 Å². The minimum absolute atomic E-state index is 0.128. The van der Waals surface area contributed by atoms with E-state index in [0.29, 0.717) is 5.75 Å². The van der Waals surface area contributed by atoms with Gasteiger partial charge >= 0.3 is 6.16 Å². The third kappa shape index (κ3) is 9.14. The SMILES string of the molecule is CCCCCCCCc1ccc(-c2ccc(OC(=O)Oc3ccc(CCCCC)cc3F)cc2)cc1. The topological polar surface area (TPSA) is 35.5 Å². The highest BCUT2D eigenvalue weighted by Gasteiger charge is 2.13. The molecule has 0 aliphatic rings. The van der Waals surface area contributed by atoms with Crippen molar-refractivity contribution in [3.8, 4) is 22.6 Å². The maximum atomic E-state index is 14.3. The highest BCUT2D eigenvalue weighted by Crippen LogP contribution is 2.25. The second kappa shape index (κ2) is 15.1. The standard InChI is InChI=1S/C32H39FO3/c1-3-5-7-8-9-11-12-25-14-17-27(18-15-25)28-19-21-29(22-20-28)35-32(34)36-31-23-16-26(24-30(31)33)13-10-6-4-2/h14-24H,3-13H2,1-2H3. The van der Waals surface area contributed by atoms with Gasteiger partial charge < -0.3 is 9.47 Å². The van der Waals surface area contributed by atoms with Gasteiger partial charge in [0.1, 0.15) is 5.75 Å². The number of carbonyl (C=O) groups excluding carboxylic acids is 1. The number of aryl methyl sites for hydroxylation is 2. The Labute approximate surface area is 215 Å². The molecule has 0 N–H and O–H groups in total. The predicted molar refractivity (Wildman–Crippen MR) is 145 cm³/mol. The third-order valence-electron chi connectivity index (χ3n) is 6.42. The fourth-order valence-electron chi connectivity index (χ4n) is 4.26. The molecule has 3 aromatic rings. The first-order valence-corrected chi connectivity index (χ1v) is 13.5. The van der Waals surface area contributed by atoms with E-state index >= 15 is 0 Å². The summed E-state index contributed by atoms with van der Waals surface area (Å²) in [6, 6.07) is 20.6. The molecule has 0 saturated carbocycles. The number of halogens is 1. The summed E-state index contributed by atoms with van der Waals surface area (Å²) in [6.07, 6.45) is 12.0. The lowest BCUT2D eigenvalue weighted by Crippen LogP contribution is -2.14. The third-order valence-corrected chi connectivity index (χ3v) is 6.42. The van der Waals surface area contributed by atoms with Crippen molar-refractivity contribution in [3.63, 3.8) is 0 Å². The Hall–Kier alpha value is -3.14. The smallest absolute Gasteiger partial charge is 0.395 e. The van der Waals surface area contributed by atoms with Gasteiger partial charge in [-0.3, -0.25) is 0 Å². The van der Waals surface area contributed by atoms with E-state index in [-0.39, 0.29) is 5.75 Å². The van der Waals surface area contributed by atoms with Crippen molar-refractivity contribution in [1.29, 1.82) is 0 Å². The van der Waals surface area contributed by atoms with Crippen LogP contribution in [-0.4, -0.2) is 6.16 Å². The van der Waals surface area contributed by atoms with Crippen molar-refractivity contribution in [3.05, 3.63) is 83.7 Å². The van der Waals surface area contributed by atoms with Gasteiger partial charge in [-0.15, -0.1) is 0 Å². The summed E-state index contributed by atoms with van der Waals surface area (Å²) in [5.74, 6) is -0.340. The van der Waals surface area contributed by atoms with Crippen molar-refractivity contribution in [1.82, 2.24) is 0 Å². The molecule has 0 aliphatic carbocycles. The molecule has 0 fully saturated rings. The van der Waals surface area contributed by atoms with Crippen molar-refractivity contribution >= 4 is 6.16 Å². The summed E-state index contributed by atoms with van der Waals surface area (Å²) in [4.78, 5) is 12.2. The molecule has 0 unspecified atom stereocenters. The summed E-state index contributed by atoms with van der Waals surface area (Å²) < 4.78 is 24.7. The summed E-state index contributed by atoms with van der Waals surface area (Å²) in [7, 11) is 0. The zero-order valence-corrected chi connectivity index (χ0v) is 21.7. The molecule has 3 nitrogen and oxygen atoms in total. The van der Waals surface area contributed by atoms with Crippen LogP contribution in [0.25, 0.3) is 11.1 Å². The van der Waals surface area contributed by atoms with Crippen LogP contribution in [0.5, 0.6) is 11.5 Å². The first-order valence-electron chi connectivity index (χ1n) is 13.5. The van der Waals surface area contributed by atoms with Crippen LogP contribution < -0.4 is 9.47 Å². The van der Waals surface area contributed by atoms with Crippen molar-refractivity contribution < 1.29 is 18.7 Å². The lowest BCUT2D eigenvalue weighted by molar-refractivity contribution is 0.150. The molecule has 0 aromatic heterocycles. The van der Waals surface area contributed by atoms with Gasteiger partial charge in [0.05, 0.1) is 0 Å². The molecule has 0 atom stereocenters. The van der Waals surface area contributed by atoms with Crippen LogP contribution in [0.15, 0.2) is 66.7 Å². The molecule has 0 heterocycles. The monoisotopic (exact) mass is 490 g/mol. The Kier molecular flexibility index (Phi) is 11.5. The normalized spacial score (nSPS) is 10.9. The summed E-state index contributed by atoms with van der Waals surface area (Å²) >= 11 is 0. The fourth-order valence-corrected chi connectivity index (χ4v) is 4.26. The molecule has 36 heavy (non-hydrogen) atoms. The summed E-state index contributed by atoms with van der Waals surface area (Å²) in [5.41, 5.74) is 4.40. The van der Waals surface area contributed by atoms with Crippen LogP contribution in [0, 0.1) is 5.82 Å². The summed E-state index contributed by atoms with van der Waals surface area (Å²) in [5, 5.41) is 0. The minimum atomic E-state index is -0.959. The Morgan fingerprint density at radius 1 is 0.639 bits per heavy atom.